The van der Waals surface area contributed by atoms with Crippen molar-refractivity contribution in [1.29, 1.82) is 0 Å². The average molecular weight is 541 g/mol. The van der Waals surface area contributed by atoms with Crippen molar-refractivity contribution in [3.63, 3.8) is 0 Å². The number of rotatable bonds is 5. The van der Waals surface area contributed by atoms with Crippen LogP contribution < -0.4 is 0 Å². The Kier molecular flexibility index (Phi) is 6.40. The van der Waals surface area contributed by atoms with Gasteiger partial charge in [0.25, 0.3) is 0 Å². The maximum absolute atomic E-state index is 12.6. The van der Waals surface area contributed by atoms with E-state index >= 15 is 0 Å². The van der Waals surface area contributed by atoms with Crippen LogP contribution in [-0.4, -0.2) is 31.3 Å². The van der Waals surface area contributed by atoms with Crippen molar-refractivity contribution in [3.8, 4) is 38.9 Å². The summed E-state index contributed by atoms with van der Waals surface area (Å²) in [7, 11) is -2.34. The molecule has 0 radical (unpaired) electrons. The lowest BCUT2D eigenvalue weighted by Crippen LogP contribution is -2.06. The SMILES string of the molecule is Cc1csc(-c2cn(-c3ccc(-c4cccc([SH](C)(C)=O)c4)cc3)c(-c3c(Cl)cccc3Cl)n2)n1. The molecule has 0 saturated heterocycles. The van der Waals surface area contributed by atoms with Crippen LogP contribution in [0, 0.1) is 6.92 Å². The highest BCUT2D eigenvalue weighted by atomic mass is 35.5. The van der Waals surface area contributed by atoms with Gasteiger partial charge in [-0.3, -0.25) is 8.78 Å². The summed E-state index contributed by atoms with van der Waals surface area (Å²) < 4.78 is 14.5. The van der Waals surface area contributed by atoms with Gasteiger partial charge in [-0.15, -0.1) is 11.3 Å². The summed E-state index contributed by atoms with van der Waals surface area (Å²) in [5.74, 6) is 0.649. The second-order valence-corrected chi connectivity index (χ2v) is 13.5. The molecular weight excluding hydrogens is 517 g/mol. The molecule has 0 aliphatic carbocycles. The van der Waals surface area contributed by atoms with E-state index < -0.39 is 9.93 Å². The van der Waals surface area contributed by atoms with Crippen LogP contribution in [0.25, 0.3) is 38.9 Å². The molecule has 2 heterocycles. The van der Waals surface area contributed by atoms with Gasteiger partial charge < -0.3 is 0 Å². The number of thiol groups is 1. The van der Waals surface area contributed by atoms with Crippen molar-refractivity contribution >= 4 is 44.5 Å². The number of thiazole rings is 1. The summed E-state index contributed by atoms with van der Waals surface area (Å²) in [5, 5.41) is 3.90. The van der Waals surface area contributed by atoms with Gasteiger partial charge in [0, 0.05) is 27.9 Å². The maximum atomic E-state index is 12.6. The van der Waals surface area contributed by atoms with E-state index in [-0.39, 0.29) is 0 Å². The molecule has 0 N–H and O–H groups in total. The third kappa shape index (κ3) is 4.84. The second-order valence-electron chi connectivity index (χ2n) is 8.66. The lowest BCUT2D eigenvalue weighted by molar-refractivity contribution is 0.678. The zero-order chi connectivity index (χ0) is 24.7. The highest BCUT2D eigenvalue weighted by Crippen LogP contribution is 2.37. The van der Waals surface area contributed by atoms with Gasteiger partial charge in [0.05, 0.1) is 15.6 Å². The van der Waals surface area contributed by atoms with Crippen molar-refractivity contribution in [1.82, 2.24) is 14.5 Å². The van der Waals surface area contributed by atoms with Gasteiger partial charge in [-0.2, -0.15) is 0 Å². The van der Waals surface area contributed by atoms with Crippen LogP contribution in [0.4, 0.5) is 0 Å². The standard InChI is InChI=1S/C27H23Cl2N3OS2/c1-17-16-34-27(30-17)24-15-32(26(31-24)25-22(28)8-5-9-23(25)29)20-12-10-18(11-13-20)19-6-4-7-21(14-19)35(2,3)33/h4-16,35H,1-3H3. The molecule has 0 atom stereocenters. The van der Waals surface area contributed by atoms with Crippen molar-refractivity contribution in [3.05, 3.63) is 94.0 Å². The van der Waals surface area contributed by atoms with E-state index in [9.17, 15) is 4.21 Å². The van der Waals surface area contributed by atoms with Crippen LogP contribution in [-0.2, 0) is 9.93 Å². The fourth-order valence-electron chi connectivity index (χ4n) is 3.87. The fourth-order valence-corrected chi connectivity index (χ4v) is 6.09. The number of aryl methyl sites for hydroxylation is 1. The van der Waals surface area contributed by atoms with Gasteiger partial charge in [0.2, 0.25) is 0 Å². The lowest BCUT2D eigenvalue weighted by atomic mass is 10.1. The quantitative estimate of drug-likeness (QED) is 0.234. The molecule has 3 aromatic carbocycles. The van der Waals surface area contributed by atoms with Crippen molar-refractivity contribution in [2.75, 3.05) is 12.5 Å². The maximum Gasteiger partial charge on any atom is 0.148 e. The lowest BCUT2D eigenvalue weighted by Gasteiger charge is -2.14. The minimum Gasteiger partial charge on any atom is -0.299 e. The number of halogens is 2. The largest absolute Gasteiger partial charge is 0.299 e. The second kappa shape index (κ2) is 9.36. The molecule has 5 rings (SSSR count). The summed E-state index contributed by atoms with van der Waals surface area (Å²) in [6, 6.07) is 21.5. The average Bonchev–Trinajstić information content (AvgIpc) is 3.45. The predicted octanol–water partition coefficient (Wildman–Crippen LogP) is 7.58. The van der Waals surface area contributed by atoms with E-state index in [1.54, 1.807) is 23.8 Å². The first-order valence-electron chi connectivity index (χ1n) is 10.9. The van der Waals surface area contributed by atoms with Gasteiger partial charge in [0.1, 0.15) is 16.5 Å². The topological polar surface area (TPSA) is 47.8 Å². The van der Waals surface area contributed by atoms with Crippen molar-refractivity contribution in [2.24, 2.45) is 0 Å². The van der Waals surface area contributed by atoms with E-state index in [1.165, 1.54) is 0 Å². The first kappa shape index (κ1) is 23.9. The first-order chi connectivity index (χ1) is 16.7. The minimum absolute atomic E-state index is 0.531. The predicted molar refractivity (Wildman–Crippen MR) is 150 cm³/mol. The molecule has 0 aliphatic rings. The van der Waals surface area contributed by atoms with E-state index in [4.69, 9.17) is 28.2 Å². The molecule has 0 unspecified atom stereocenters. The molecule has 0 spiro atoms. The molecule has 0 saturated carbocycles. The van der Waals surface area contributed by atoms with E-state index in [2.05, 4.69) is 17.1 Å². The Balaban J connectivity index is 1.62. The van der Waals surface area contributed by atoms with Gasteiger partial charge in [0.15, 0.2) is 0 Å². The Morgan fingerprint density at radius 3 is 2.20 bits per heavy atom. The van der Waals surface area contributed by atoms with E-state index in [0.717, 1.165) is 38.1 Å². The van der Waals surface area contributed by atoms with Gasteiger partial charge in [-0.1, -0.05) is 63.5 Å². The summed E-state index contributed by atoms with van der Waals surface area (Å²) >= 11 is 14.7. The molecule has 35 heavy (non-hydrogen) atoms. The number of benzene rings is 3. The summed E-state index contributed by atoms with van der Waals surface area (Å²) in [4.78, 5) is 10.4. The van der Waals surface area contributed by atoms with Crippen LogP contribution >= 0.6 is 34.5 Å². The van der Waals surface area contributed by atoms with E-state index in [1.807, 2.05) is 77.7 Å². The third-order valence-electron chi connectivity index (χ3n) is 5.68. The molecule has 0 aliphatic heterocycles. The summed E-state index contributed by atoms with van der Waals surface area (Å²) in [6.45, 7) is 1.96. The Hall–Kier alpha value is -2.77. The Labute approximate surface area is 219 Å². The number of imidazole rings is 1. The fraction of sp³-hybridized carbons (Fsp3) is 0.111. The number of nitrogens with zero attached hydrogens (tertiary/aromatic N) is 3. The van der Waals surface area contributed by atoms with Gasteiger partial charge in [-0.05, 0) is 67.0 Å². The van der Waals surface area contributed by atoms with Crippen LogP contribution in [0.15, 0.2) is 83.2 Å². The highest BCUT2D eigenvalue weighted by Gasteiger charge is 2.19. The molecule has 5 aromatic rings. The third-order valence-corrected chi connectivity index (χ3v) is 8.81. The molecule has 0 amide bonds. The van der Waals surface area contributed by atoms with Crippen LogP contribution in [0.1, 0.15) is 5.69 Å². The minimum atomic E-state index is -2.34. The molecule has 0 fully saturated rings. The van der Waals surface area contributed by atoms with E-state index in [0.29, 0.717) is 21.4 Å². The molecule has 0 bridgehead atoms. The van der Waals surface area contributed by atoms with Gasteiger partial charge >= 0.3 is 0 Å². The molecular formula is C27H23Cl2N3OS2. The monoisotopic (exact) mass is 539 g/mol. The molecule has 2 aromatic heterocycles. The molecule has 8 heteroatoms. The summed E-state index contributed by atoms with van der Waals surface area (Å²) in [5.41, 5.74) is 5.36. The Bertz CT molecular complexity index is 1560. The normalized spacial score (nSPS) is 12.1. The smallest absolute Gasteiger partial charge is 0.148 e. The number of aromatic nitrogens is 3. The number of hydrogen-bond acceptors (Lipinski definition) is 4. The van der Waals surface area contributed by atoms with Crippen molar-refractivity contribution < 1.29 is 4.21 Å². The highest BCUT2D eigenvalue weighted by molar-refractivity contribution is 8.01. The number of hydrogen-bond donors (Lipinski definition) is 1. The van der Waals surface area contributed by atoms with Crippen molar-refractivity contribution in [2.45, 2.75) is 11.8 Å². The van der Waals surface area contributed by atoms with Gasteiger partial charge in [-0.25, -0.2) is 9.97 Å². The zero-order valence-electron chi connectivity index (χ0n) is 19.4. The van der Waals surface area contributed by atoms with Crippen LogP contribution in [0.3, 0.4) is 0 Å². The first-order valence-corrected chi connectivity index (χ1v) is 15.2. The summed E-state index contributed by atoms with van der Waals surface area (Å²) in [6.07, 6.45) is 5.54. The molecule has 178 valence electrons. The van der Waals surface area contributed by atoms with Crippen LogP contribution in [0.5, 0.6) is 0 Å². The Morgan fingerprint density at radius 2 is 1.57 bits per heavy atom. The Morgan fingerprint density at radius 1 is 0.886 bits per heavy atom. The molecule has 4 nitrogen and oxygen atoms in total. The van der Waals surface area contributed by atoms with Crippen LogP contribution in [0.2, 0.25) is 10.0 Å². The zero-order valence-corrected chi connectivity index (χ0v) is 22.6.